The lowest BCUT2D eigenvalue weighted by Crippen LogP contribution is -2.48. The predicted octanol–water partition coefficient (Wildman–Crippen LogP) is 4.53. The number of esters is 1. The molecular weight excluding hydrogens is 322 g/mol. The molecule has 0 N–H and O–H groups in total. The molecule has 0 saturated carbocycles. The minimum Gasteiger partial charge on any atom is -0.449 e. The van der Waals surface area contributed by atoms with E-state index in [2.05, 4.69) is 29.7 Å². The van der Waals surface area contributed by atoms with Gasteiger partial charge in [0.05, 0.1) is 6.04 Å². The van der Waals surface area contributed by atoms with Gasteiger partial charge >= 0.3 is 5.97 Å². The minimum absolute atomic E-state index is 0.170. The van der Waals surface area contributed by atoms with E-state index in [1.54, 1.807) is 6.08 Å². The Morgan fingerprint density at radius 3 is 2.96 bits per heavy atom. The van der Waals surface area contributed by atoms with Crippen molar-refractivity contribution in [2.24, 2.45) is 0 Å². The van der Waals surface area contributed by atoms with Crippen molar-refractivity contribution in [1.29, 1.82) is 0 Å². The van der Waals surface area contributed by atoms with Crippen LogP contribution in [0.2, 0.25) is 0 Å². The molecule has 3 atom stereocenters. The summed E-state index contributed by atoms with van der Waals surface area (Å²) in [5, 5.41) is 0. The molecule has 3 heterocycles. The number of rotatable bonds is 6. The van der Waals surface area contributed by atoms with Crippen molar-refractivity contribution >= 4 is 5.97 Å². The normalized spacial score (nSPS) is 32.1. The number of hydrogen-bond donors (Lipinski definition) is 0. The fraction of sp³-hybridized carbons (Fsp3) is 0.696. The Labute approximate surface area is 157 Å². The molecule has 4 aliphatic rings. The van der Waals surface area contributed by atoms with Gasteiger partial charge in [-0.2, -0.15) is 0 Å². The summed E-state index contributed by atoms with van der Waals surface area (Å²) in [4.78, 5) is 14.7. The van der Waals surface area contributed by atoms with Crippen LogP contribution in [0.1, 0.15) is 77.6 Å². The number of unbranched alkanes of at least 4 members (excludes halogenated alkanes) is 6. The zero-order valence-corrected chi connectivity index (χ0v) is 16.1. The Morgan fingerprint density at radius 2 is 2.08 bits per heavy atom. The lowest BCUT2D eigenvalue weighted by atomic mass is 9.77. The summed E-state index contributed by atoms with van der Waals surface area (Å²) in [6, 6.07) is 0.745. The highest BCUT2D eigenvalue weighted by Gasteiger charge is 2.61. The topological polar surface area (TPSA) is 29.5 Å². The molecule has 3 nitrogen and oxygen atoms in total. The van der Waals surface area contributed by atoms with Crippen LogP contribution in [-0.4, -0.2) is 35.1 Å². The Hall–Kier alpha value is -1.53. The van der Waals surface area contributed by atoms with Gasteiger partial charge in [-0.1, -0.05) is 63.4 Å². The van der Waals surface area contributed by atoms with E-state index in [0.29, 0.717) is 12.1 Å². The van der Waals surface area contributed by atoms with Crippen LogP contribution in [-0.2, 0) is 9.53 Å². The summed E-state index contributed by atoms with van der Waals surface area (Å²) in [7, 11) is 0. The molecule has 0 aromatic rings. The van der Waals surface area contributed by atoms with Gasteiger partial charge in [0.15, 0.2) is 5.60 Å². The summed E-state index contributed by atoms with van der Waals surface area (Å²) in [5.41, 5.74) is 1.73. The number of ether oxygens (including phenoxy) is 1. The molecule has 26 heavy (non-hydrogen) atoms. The first kappa shape index (κ1) is 17.9. The largest absolute Gasteiger partial charge is 0.449 e. The van der Waals surface area contributed by atoms with Crippen molar-refractivity contribution in [3.8, 4) is 11.8 Å². The Kier molecular flexibility index (Phi) is 5.23. The second kappa shape index (κ2) is 7.61. The second-order valence-corrected chi connectivity index (χ2v) is 8.29. The van der Waals surface area contributed by atoms with Gasteiger partial charge in [0.25, 0.3) is 0 Å². The lowest BCUT2D eigenvalue weighted by molar-refractivity contribution is -0.148. The molecule has 0 aromatic carbocycles. The number of fused-ring (bicyclic) bond motifs is 3. The number of hydrogen-bond acceptors (Lipinski definition) is 3. The minimum atomic E-state index is -0.402. The van der Waals surface area contributed by atoms with Crippen LogP contribution in [0, 0.1) is 11.8 Å². The van der Waals surface area contributed by atoms with E-state index in [-0.39, 0.29) is 5.97 Å². The first-order valence-corrected chi connectivity index (χ1v) is 10.7. The fourth-order valence-corrected chi connectivity index (χ4v) is 5.32. The first-order chi connectivity index (χ1) is 12.7. The molecule has 3 heteroatoms. The number of piperidine rings is 1. The van der Waals surface area contributed by atoms with E-state index in [1.807, 2.05) is 0 Å². The van der Waals surface area contributed by atoms with Gasteiger partial charge in [-0.15, -0.1) is 0 Å². The molecule has 0 aromatic heterocycles. The standard InChI is InChI=1S/C23H31NO2/c1-2-3-4-5-6-7-8-9-12-18-15-19-17-23(20(18)16-22(25)26-23)21-13-10-11-14-24(19)21/h15-16,19,21H,2-8,10-11,13-14,17H2,1H3. The lowest BCUT2D eigenvalue weighted by Gasteiger charge is -2.38. The molecule has 3 aliphatic heterocycles. The highest BCUT2D eigenvalue weighted by atomic mass is 16.6. The Bertz CT molecular complexity index is 680. The van der Waals surface area contributed by atoms with Crippen molar-refractivity contribution in [2.45, 2.75) is 95.2 Å². The second-order valence-electron chi connectivity index (χ2n) is 8.29. The number of carbonyl (C=O) groups excluding carboxylic acids is 1. The van der Waals surface area contributed by atoms with Crippen LogP contribution < -0.4 is 0 Å². The van der Waals surface area contributed by atoms with Gasteiger partial charge in [-0.05, 0) is 25.8 Å². The summed E-state index contributed by atoms with van der Waals surface area (Å²) in [6.07, 6.45) is 17.3. The molecule has 140 valence electrons. The van der Waals surface area contributed by atoms with Crippen LogP contribution in [0.15, 0.2) is 23.3 Å². The molecule has 2 bridgehead atoms. The maximum Gasteiger partial charge on any atom is 0.332 e. The monoisotopic (exact) mass is 353 g/mol. The quantitative estimate of drug-likeness (QED) is 0.399. The summed E-state index contributed by atoms with van der Waals surface area (Å²) in [6.45, 7) is 3.37. The third-order valence-electron chi connectivity index (χ3n) is 6.55. The summed E-state index contributed by atoms with van der Waals surface area (Å²) in [5.74, 6) is 6.61. The average molecular weight is 354 g/mol. The highest BCUT2D eigenvalue weighted by molar-refractivity contribution is 5.90. The van der Waals surface area contributed by atoms with Crippen molar-refractivity contribution in [1.82, 2.24) is 4.90 Å². The Balaban J connectivity index is 1.44. The maximum absolute atomic E-state index is 12.1. The van der Waals surface area contributed by atoms with Crippen molar-refractivity contribution < 1.29 is 9.53 Å². The van der Waals surface area contributed by atoms with E-state index >= 15 is 0 Å². The average Bonchev–Trinajstić information content (AvgIpc) is 3.13. The van der Waals surface area contributed by atoms with E-state index in [9.17, 15) is 4.79 Å². The van der Waals surface area contributed by atoms with E-state index in [0.717, 1.165) is 37.0 Å². The summed E-state index contributed by atoms with van der Waals surface area (Å²) < 4.78 is 5.94. The van der Waals surface area contributed by atoms with Gasteiger partial charge in [0.2, 0.25) is 0 Å². The smallest absolute Gasteiger partial charge is 0.332 e. The molecule has 4 rings (SSSR count). The first-order valence-electron chi connectivity index (χ1n) is 10.7. The molecule has 1 spiro atoms. The highest BCUT2D eigenvalue weighted by Crippen LogP contribution is 2.53. The van der Waals surface area contributed by atoms with Gasteiger partial charge in [0, 0.05) is 36.1 Å². The Morgan fingerprint density at radius 1 is 1.23 bits per heavy atom. The SMILES string of the molecule is CCCCCCCCC#CC1=CC2CC3(OC(=O)C=C13)C1CCCCN21. The summed E-state index contributed by atoms with van der Waals surface area (Å²) >= 11 is 0. The third kappa shape index (κ3) is 3.14. The maximum atomic E-state index is 12.1. The molecule has 0 radical (unpaired) electrons. The van der Waals surface area contributed by atoms with Gasteiger partial charge < -0.3 is 4.74 Å². The van der Waals surface area contributed by atoms with E-state index < -0.39 is 5.60 Å². The van der Waals surface area contributed by atoms with Crippen molar-refractivity contribution in [2.75, 3.05) is 6.54 Å². The van der Waals surface area contributed by atoms with Crippen LogP contribution >= 0.6 is 0 Å². The van der Waals surface area contributed by atoms with Crippen LogP contribution in [0.4, 0.5) is 0 Å². The van der Waals surface area contributed by atoms with Crippen LogP contribution in [0.5, 0.6) is 0 Å². The zero-order valence-electron chi connectivity index (χ0n) is 16.1. The third-order valence-corrected chi connectivity index (χ3v) is 6.55. The molecule has 1 aliphatic carbocycles. The molecular formula is C23H31NO2. The van der Waals surface area contributed by atoms with E-state index in [4.69, 9.17) is 4.74 Å². The van der Waals surface area contributed by atoms with E-state index in [1.165, 1.54) is 51.4 Å². The van der Waals surface area contributed by atoms with Crippen LogP contribution in [0.25, 0.3) is 0 Å². The van der Waals surface area contributed by atoms with Gasteiger partial charge in [0.1, 0.15) is 0 Å². The predicted molar refractivity (Wildman–Crippen MR) is 104 cm³/mol. The number of carbonyl (C=O) groups is 1. The van der Waals surface area contributed by atoms with Gasteiger partial charge in [-0.25, -0.2) is 4.79 Å². The van der Waals surface area contributed by atoms with Crippen LogP contribution in [0.3, 0.4) is 0 Å². The van der Waals surface area contributed by atoms with Gasteiger partial charge in [-0.3, -0.25) is 4.90 Å². The molecule has 0 amide bonds. The zero-order chi connectivity index (χ0) is 18.0. The molecule has 2 fully saturated rings. The van der Waals surface area contributed by atoms with Crippen molar-refractivity contribution in [3.05, 3.63) is 23.3 Å². The fourth-order valence-electron chi connectivity index (χ4n) is 5.32. The molecule has 3 unspecified atom stereocenters. The molecule has 2 saturated heterocycles. The van der Waals surface area contributed by atoms with Crippen molar-refractivity contribution in [3.63, 3.8) is 0 Å². The number of nitrogens with zero attached hydrogens (tertiary/aromatic N) is 1.